The number of nitrogens with one attached hydrogen (secondary N) is 1. The van der Waals surface area contributed by atoms with E-state index in [1.807, 2.05) is 0 Å². The number of guanidine groups is 1. The van der Waals surface area contributed by atoms with Crippen molar-refractivity contribution < 1.29 is 0 Å². The minimum atomic E-state index is 0.443. The highest BCUT2D eigenvalue weighted by Gasteiger charge is 2.45. The maximum absolute atomic E-state index is 6.00. The summed E-state index contributed by atoms with van der Waals surface area (Å²) in [5, 5.41) is 3.41. The molecule has 3 N–H and O–H groups in total. The Hall–Kier alpha value is -1.25. The molecule has 1 fully saturated rings. The molecule has 0 aromatic carbocycles. The maximum Gasteiger partial charge on any atom is 0.193 e. The number of hydrogen-bond acceptors (Lipinski definition) is 3. The van der Waals surface area contributed by atoms with E-state index in [4.69, 9.17) is 5.73 Å². The lowest BCUT2D eigenvalue weighted by Gasteiger charge is -2.39. The third kappa shape index (κ3) is 2.38. The van der Waals surface area contributed by atoms with Crippen LogP contribution >= 0.6 is 0 Å². The number of aliphatic imine (C=N–C) groups is 1. The zero-order valence-electron chi connectivity index (χ0n) is 12.7. The number of unbranched alkanes of at least 4 members (excludes halogenated alkanes) is 1. The van der Waals surface area contributed by atoms with Crippen molar-refractivity contribution in [1.82, 2.24) is 5.32 Å². The molecule has 1 heterocycles. The van der Waals surface area contributed by atoms with Gasteiger partial charge in [-0.1, -0.05) is 32.4 Å². The standard InChI is InChI=1S/C17H27N3/c1-3-4-5-6-7-13-11(2)10-12-8-9-14-15(12)16(13)20-17(18)19-14/h5-6,11-12,14-15H,3-4,7-10H2,1-2H3,(H3,18,19,20)/t11-,12+,14+,15-/m1/s1. The number of nitrogens with two attached hydrogens (primary N) is 1. The van der Waals surface area contributed by atoms with Crippen LogP contribution in [0.1, 0.15) is 52.4 Å². The van der Waals surface area contributed by atoms with Crippen molar-refractivity contribution in [2.75, 3.05) is 0 Å². The summed E-state index contributed by atoms with van der Waals surface area (Å²) in [6.07, 6.45) is 12.0. The van der Waals surface area contributed by atoms with Gasteiger partial charge in [-0.3, -0.25) is 0 Å². The van der Waals surface area contributed by atoms with E-state index in [0.29, 0.717) is 23.8 Å². The zero-order chi connectivity index (χ0) is 14.1. The number of allylic oxidation sites excluding steroid dienone is 3. The lowest BCUT2D eigenvalue weighted by Crippen LogP contribution is -2.45. The average Bonchev–Trinajstić information content (AvgIpc) is 2.80. The number of hydrogen-bond donors (Lipinski definition) is 2. The van der Waals surface area contributed by atoms with E-state index in [0.717, 1.165) is 12.3 Å². The third-order valence-electron chi connectivity index (χ3n) is 5.21. The first-order valence-electron chi connectivity index (χ1n) is 8.19. The summed E-state index contributed by atoms with van der Waals surface area (Å²) in [7, 11) is 0. The Balaban J connectivity index is 1.87. The fourth-order valence-electron chi connectivity index (χ4n) is 4.29. The predicted molar refractivity (Wildman–Crippen MR) is 84.2 cm³/mol. The second kappa shape index (κ2) is 5.63. The molecule has 0 amide bonds. The fraction of sp³-hybridized carbons (Fsp3) is 0.706. The van der Waals surface area contributed by atoms with Crippen molar-refractivity contribution in [3.8, 4) is 0 Å². The van der Waals surface area contributed by atoms with E-state index in [-0.39, 0.29) is 0 Å². The molecule has 20 heavy (non-hydrogen) atoms. The number of nitrogens with zero attached hydrogens (tertiary/aromatic N) is 1. The van der Waals surface area contributed by atoms with E-state index in [1.54, 1.807) is 5.57 Å². The normalized spacial score (nSPS) is 36.0. The Morgan fingerprint density at radius 1 is 1.35 bits per heavy atom. The molecule has 1 saturated carbocycles. The van der Waals surface area contributed by atoms with Gasteiger partial charge in [0.1, 0.15) is 0 Å². The molecule has 3 nitrogen and oxygen atoms in total. The van der Waals surface area contributed by atoms with Crippen LogP contribution in [0.4, 0.5) is 0 Å². The van der Waals surface area contributed by atoms with Gasteiger partial charge in [-0.05, 0) is 49.5 Å². The SMILES string of the molecule is CCCC=CCC1=C2NC(N)=N[C@H]3CC[C@@H](C[C@H]1C)[C@@H]23. The van der Waals surface area contributed by atoms with Gasteiger partial charge in [-0.2, -0.15) is 0 Å². The van der Waals surface area contributed by atoms with Gasteiger partial charge in [-0.15, -0.1) is 0 Å². The lowest BCUT2D eigenvalue weighted by molar-refractivity contribution is 0.302. The zero-order valence-corrected chi connectivity index (χ0v) is 12.7. The van der Waals surface area contributed by atoms with Crippen LogP contribution in [0.15, 0.2) is 28.4 Å². The Labute approximate surface area is 122 Å². The Morgan fingerprint density at radius 3 is 3.00 bits per heavy atom. The van der Waals surface area contributed by atoms with Crippen LogP contribution in [0.3, 0.4) is 0 Å². The van der Waals surface area contributed by atoms with Gasteiger partial charge >= 0.3 is 0 Å². The van der Waals surface area contributed by atoms with Crippen molar-refractivity contribution in [3.05, 3.63) is 23.4 Å². The first-order valence-corrected chi connectivity index (χ1v) is 8.19. The molecule has 0 unspecified atom stereocenters. The van der Waals surface area contributed by atoms with Gasteiger partial charge in [0.15, 0.2) is 5.96 Å². The minimum absolute atomic E-state index is 0.443. The van der Waals surface area contributed by atoms with Crippen LogP contribution < -0.4 is 11.1 Å². The van der Waals surface area contributed by atoms with Crippen LogP contribution in [-0.4, -0.2) is 12.0 Å². The van der Waals surface area contributed by atoms with Crippen LogP contribution in [0, 0.1) is 17.8 Å². The van der Waals surface area contributed by atoms with Gasteiger partial charge in [0, 0.05) is 11.6 Å². The second-order valence-corrected chi connectivity index (χ2v) is 6.61. The van der Waals surface area contributed by atoms with Crippen molar-refractivity contribution in [2.24, 2.45) is 28.5 Å². The van der Waals surface area contributed by atoms with Crippen LogP contribution in [0.2, 0.25) is 0 Å². The number of rotatable bonds is 4. The van der Waals surface area contributed by atoms with Crippen LogP contribution in [0.25, 0.3) is 0 Å². The summed E-state index contributed by atoms with van der Waals surface area (Å²) in [4.78, 5) is 4.63. The highest BCUT2D eigenvalue weighted by Crippen LogP contribution is 2.49. The molecular formula is C17H27N3. The molecule has 1 aliphatic heterocycles. The molecule has 0 aromatic rings. The average molecular weight is 273 g/mol. The molecular weight excluding hydrogens is 246 g/mol. The molecule has 3 aliphatic rings. The van der Waals surface area contributed by atoms with Gasteiger partial charge in [0.05, 0.1) is 6.04 Å². The summed E-state index contributed by atoms with van der Waals surface area (Å²) in [6, 6.07) is 0.443. The van der Waals surface area contributed by atoms with E-state index in [9.17, 15) is 0 Å². The lowest BCUT2D eigenvalue weighted by atomic mass is 9.72. The van der Waals surface area contributed by atoms with Crippen molar-refractivity contribution in [3.63, 3.8) is 0 Å². The molecule has 3 heteroatoms. The first-order chi connectivity index (χ1) is 9.70. The van der Waals surface area contributed by atoms with Crippen molar-refractivity contribution in [1.29, 1.82) is 0 Å². The second-order valence-electron chi connectivity index (χ2n) is 6.61. The van der Waals surface area contributed by atoms with Crippen molar-refractivity contribution in [2.45, 2.75) is 58.4 Å². The molecule has 110 valence electrons. The maximum atomic E-state index is 6.00. The molecule has 0 saturated heterocycles. The molecule has 0 aromatic heterocycles. The Morgan fingerprint density at radius 2 is 2.20 bits per heavy atom. The fourth-order valence-corrected chi connectivity index (χ4v) is 4.29. The van der Waals surface area contributed by atoms with E-state index < -0.39 is 0 Å². The van der Waals surface area contributed by atoms with Crippen LogP contribution in [0.5, 0.6) is 0 Å². The summed E-state index contributed by atoms with van der Waals surface area (Å²) in [6.45, 7) is 4.60. The van der Waals surface area contributed by atoms with Crippen LogP contribution in [-0.2, 0) is 0 Å². The summed E-state index contributed by atoms with van der Waals surface area (Å²) in [5.74, 6) is 2.74. The quantitative estimate of drug-likeness (QED) is 0.772. The molecule has 2 aliphatic carbocycles. The first kappa shape index (κ1) is 13.7. The largest absolute Gasteiger partial charge is 0.370 e. The Bertz CT molecular complexity index is 461. The van der Waals surface area contributed by atoms with E-state index >= 15 is 0 Å². The topological polar surface area (TPSA) is 50.4 Å². The molecule has 3 rings (SSSR count). The molecule has 0 radical (unpaired) electrons. The van der Waals surface area contributed by atoms with Gasteiger partial charge in [0.25, 0.3) is 0 Å². The van der Waals surface area contributed by atoms with E-state index in [2.05, 4.69) is 36.3 Å². The summed E-state index contributed by atoms with van der Waals surface area (Å²) >= 11 is 0. The highest BCUT2D eigenvalue weighted by atomic mass is 15.2. The molecule has 0 spiro atoms. The van der Waals surface area contributed by atoms with E-state index in [1.165, 1.54) is 37.8 Å². The monoisotopic (exact) mass is 273 g/mol. The van der Waals surface area contributed by atoms with Gasteiger partial charge in [0.2, 0.25) is 0 Å². The highest BCUT2D eigenvalue weighted by molar-refractivity contribution is 5.81. The summed E-state index contributed by atoms with van der Waals surface area (Å²) in [5.41, 5.74) is 8.99. The minimum Gasteiger partial charge on any atom is -0.370 e. The smallest absolute Gasteiger partial charge is 0.193 e. The van der Waals surface area contributed by atoms with Gasteiger partial charge in [-0.25, -0.2) is 4.99 Å². The van der Waals surface area contributed by atoms with Gasteiger partial charge < -0.3 is 11.1 Å². The third-order valence-corrected chi connectivity index (χ3v) is 5.21. The summed E-state index contributed by atoms with van der Waals surface area (Å²) < 4.78 is 0. The predicted octanol–water partition coefficient (Wildman–Crippen LogP) is 3.34. The molecule has 0 bridgehead atoms. The Kier molecular flexibility index (Phi) is 3.86. The van der Waals surface area contributed by atoms with Crippen molar-refractivity contribution >= 4 is 5.96 Å². The molecule has 4 atom stereocenters.